The largest absolute Gasteiger partial charge is 0.486 e. The van der Waals surface area contributed by atoms with Crippen molar-refractivity contribution in [2.24, 2.45) is 11.3 Å². The number of furan rings is 1. The fourth-order valence-corrected chi connectivity index (χ4v) is 4.82. The van der Waals surface area contributed by atoms with Gasteiger partial charge in [-0.25, -0.2) is 0 Å². The van der Waals surface area contributed by atoms with E-state index in [2.05, 4.69) is 11.9 Å². The number of halogens is 3. The first-order chi connectivity index (χ1) is 16.9. The van der Waals surface area contributed by atoms with Gasteiger partial charge >= 0.3 is 12.1 Å². The summed E-state index contributed by atoms with van der Waals surface area (Å²) in [6, 6.07) is 7.83. The van der Waals surface area contributed by atoms with Gasteiger partial charge in [0.15, 0.2) is 5.78 Å². The second-order valence-electron chi connectivity index (χ2n) is 9.81. The molecule has 1 N–H and O–H groups in total. The monoisotopic (exact) mass is 503 g/mol. The topological polar surface area (TPSA) is 77.8 Å². The number of carbonyl (C=O) groups excluding carboxylic acids is 2. The zero-order valence-electron chi connectivity index (χ0n) is 20.3. The maximum Gasteiger partial charge on any atom is 0.416 e. The van der Waals surface area contributed by atoms with E-state index in [1.807, 2.05) is 13.8 Å². The second-order valence-corrected chi connectivity index (χ2v) is 9.81. The lowest BCUT2D eigenvalue weighted by molar-refractivity contribution is -0.147. The van der Waals surface area contributed by atoms with Gasteiger partial charge in [0.1, 0.15) is 29.8 Å². The SMILES string of the molecule is C=C1NC2=C(C(=O)CC(C)(C)C2)C(c2ccc(COc3cccc(C(F)(F)F)c3)o2)C1C(=O)OCC. The lowest BCUT2D eigenvalue weighted by Gasteiger charge is -2.41. The van der Waals surface area contributed by atoms with Gasteiger partial charge in [0.05, 0.1) is 18.1 Å². The summed E-state index contributed by atoms with van der Waals surface area (Å²) >= 11 is 0. The van der Waals surface area contributed by atoms with Crippen LogP contribution in [-0.2, 0) is 27.1 Å². The molecule has 9 heteroatoms. The van der Waals surface area contributed by atoms with Crippen molar-refractivity contribution in [3.63, 3.8) is 0 Å². The van der Waals surface area contributed by atoms with Gasteiger partial charge in [-0.15, -0.1) is 0 Å². The highest BCUT2D eigenvalue weighted by atomic mass is 19.4. The molecule has 0 radical (unpaired) electrons. The Morgan fingerprint density at radius 2 is 1.97 bits per heavy atom. The lowest BCUT2D eigenvalue weighted by atomic mass is 9.67. The number of carbonyl (C=O) groups is 2. The third kappa shape index (κ3) is 5.20. The predicted octanol–water partition coefficient (Wildman–Crippen LogP) is 5.90. The summed E-state index contributed by atoms with van der Waals surface area (Å²) in [5, 5.41) is 3.17. The number of allylic oxidation sites excluding steroid dienone is 2. The molecule has 2 aliphatic rings. The first kappa shape index (κ1) is 25.6. The van der Waals surface area contributed by atoms with Gasteiger partial charge in [-0.2, -0.15) is 13.2 Å². The van der Waals surface area contributed by atoms with Gasteiger partial charge in [0, 0.05) is 23.4 Å². The van der Waals surface area contributed by atoms with E-state index in [9.17, 15) is 22.8 Å². The van der Waals surface area contributed by atoms with Gasteiger partial charge in [-0.3, -0.25) is 9.59 Å². The standard InChI is InChI=1S/C27H28F3NO5/c1-5-34-25(33)22-15(2)31-19-12-26(3,4)13-20(32)23(19)24(22)21-10-9-18(36-21)14-35-17-8-6-7-16(11-17)27(28,29)30/h6-11,22,24,31H,2,5,12-14H2,1,3-4H3. The molecule has 192 valence electrons. The van der Waals surface area contributed by atoms with E-state index in [4.69, 9.17) is 13.9 Å². The van der Waals surface area contributed by atoms with E-state index >= 15 is 0 Å². The summed E-state index contributed by atoms with van der Waals surface area (Å²) in [6.45, 7) is 9.76. The van der Waals surface area contributed by atoms with Crippen LogP contribution in [0.3, 0.4) is 0 Å². The average Bonchev–Trinajstić information content (AvgIpc) is 3.24. The molecular formula is C27H28F3NO5. The van der Waals surface area contributed by atoms with Crippen molar-refractivity contribution in [2.75, 3.05) is 6.61 Å². The molecule has 6 nitrogen and oxygen atoms in total. The zero-order chi connectivity index (χ0) is 26.3. The van der Waals surface area contributed by atoms with Crippen LogP contribution in [0.1, 0.15) is 56.6 Å². The molecule has 36 heavy (non-hydrogen) atoms. The van der Waals surface area contributed by atoms with E-state index in [-0.39, 0.29) is 30.2 Å². The molecule has 1 aromatic heterocycles. The minimum absolute atomic E-state index is 0.0390. The Morgan fingerprint density at radius 3 is 2.67 bits per heavy atom. The number of hydrogen-bond donors (Lipinski definition) is 1. The molecule has 1 aliphatic carbocycles. The third-order valence-electron chi connectivity index (χ3n) is 6.32. The molecule has 2 aromatic rings. The van der Waals surface area contributed by atoms with Crippen molar-refractivity contribution in [3.05, 3.63) is 77.0 Å². The molecular weight excluding hydrogens is 475 g/mol. The lowest BCUT2D eigenvalue weighted by Crippen LogP contribution is -2.43. The normalized spacial score (nSPS) is 21.6. The Labute approximate surface area is 207 Å². The smallest absolute Gasteiger partial charge is 0.416 e. The van der Waals surface area contributed by atoms with Crippen LogP contribution in [0.5, 0.6) is 5.75 Å². The average molecular weight is 504 g/mol. The van der Waals surface area contributed by atoms with Crippen molar-refractivity contribution in [3.8, 4) is 5.75 Å². The van der Waals surface area contributed by atoms with Crippen LogP contribution in [0, 0.1) is 11.3 Å². The van der Waals surface area contributed by atoms with Gasteiger partial charge < -0.3 is 19.2 Å². The fraction of sp³-hybridized carbons (Fsp3) is 0.407. The summed E-state index contributed by atoms with van der Waals surface area (Å²) in [5.74, 6) is -1.49. The van der Waals surface area contributed by atoms with Gasteiger partial charge in [0.25, 0.3) is 0 Å². The van der Waals surface area contributed by atoms with Gasteiger partial charge in [0.2, 0.25) is 0 Å². The molecule has 2 unspecified atom stereocenters. The number of esters is 1. The summed E-state index contributed by atoms with van der Waals surface area (Å²) in [6.07, 6.45) is -3.56. The Balaban J connectivity index is 1.64. The summed E-state index contributed by atoms with van der Waals surface area (Å²) in [4.78, 5) is 26.2. The van der Waals surface area contributed by atoms with E-state index in [0.29, 0.717) is 41.3 Å². The molecule has 0 saturated heterocycles. The van der Waals surface area contributed by atoms with Crippen LogP contribution < -0.4 is 10.1 Å². The van der Waals surface area contributed by atoms with Crippen LogP contribution in [0.2, 0.25) is 0 Å². The number of ketones is 1. The van der Waals surface area contributed by atoms with Crippen molar-refractivity contribution in [1.82, 2.24) is 5.32 Å². The number of ether oxygens (including phenoxy) is 2. The minimum Gasteiger partial charge on any atom is -0.486 e. The number of hydrogen-bond acceptors (Lipinski definition) is 6. The number of alkyl halides is 3. The van der Waals surface area contributed by atoms with Crippen molar-refractivity contribution < 1.29 is 36.7 Å². The van der Waals surface area contributed by atoms with Crippen molar-refractivity contribution in [1.29, 1.82) is 0 Å². The van der Waals surface area contributed by atoms with Crippen LogP contribution in [-0.4, -0.2) is 18.4 Å². The zero-order valence-corrected chi connectivity index (χ0v) is 20.3. The molecule has 0 saturated carbocycles. The Morgan fingerprint density at radius 1 is 1.22 bits per heavy atom. The van der Waals surface area contributed by atoms with Crippen molar-refractivity contribution >= 4 is 11.8 Å². The van der Waals surface area contributed by atoms with Gasteiger partial charge in [-0.1, -0.05) is 26.5 Å². The molecule has 2 atom stereocenters. The summed E-state index contributed by atoms with van der Waals surface area (Å²) in [5.41, 5.74) is 0.534. The Bertz CT molecular complexity index is 1220. The van der Waals surface area contributed by atoms with E-state index in [1.165, 1.54) is 12.1 Å². The summed E-state index contributed by atoms with van der Waals surface area (Å²) in [7, 11) is 0. The highest BCUT2D eigenvalue weighted by Crippen LogP contribution is 2.48. The summed E-state index contributed by atoms with van der Waals surface area (Å²) < 4.78 is 55.8. The van der Waals surface area contributed by atoms with Crippen LogP contribution in [0.25, 0.3) is 0 Å². The Kier molecular flexibility index (Phi) is 6.77. The second kappa shape index (κ2) is 9.52. The molecule has 4 rings (SSSR count). The van der Waals surface area contributed by atoms with E-state index < -0.39 is 29.5 Å². The maximum atomic E-state index is 13.3. The number of rotatable bonds is 6. The molecule has 0 bridgehead atoms. The molecule has 0 spiro atoms. The molecule has 0 amide bonds. The molecule has 2 heterocycles. The van der Waals surface area contributed by atoms with E-state index in [1.54, 1.807) is 19.1 Å². The first-order valence-electron chi connectivity index (χ1n) is 11.7. The van der Waals surface area contributed by atoms with Crippen LogP contribution >= 0.6 is 0 Å². The minimum atomic E-state index is -4.48. The van der Waals surface area contributed by atoms with Gasteiger partial charge in [-0.05, 0) is 49.1 Å². The molecule has 1 aromatic carbocycles. The first-order valence-corrected chi connectivity index (χ1v) is 11.7. The van der Waals surface area contributed by atoms with Crippen molar-refractivity contribution in [2.45, 2.75) is 52.3 Å². The molecule has 1 aliphatic heterocycles. The third-order valence-corrected chi connectivity index (χ3v) is 6.32. The fourth-order valence-electron chi connectivity index (χ4n) is 4.82. The number of benzene rings is 1. The number of Topliss-reactive ketones (excluding diaryl/α,β-unsaturated/α-hetero) is 1. The van der Waals surface area contributed by atoms with Crippen LogP contribution in [0.4, 0.5) is 13.2 Å². The predicted molar refractivity (Wildman–Crippen MR) is 125 cm³/mol. The Hall–Kier alpha value is -3.49. The van der Waals surface area contributed by atoms with Crippen LogP contribution in [0.15, 0.2) is 64.4 Å². The molecule has 0 fully saturated rings. The highest BCUT2D eigenvalue weighted by Gasteiger charge is 2.48. The number of nitrogens with one attached hydrogen (secondary N) is 1. The highest BCUT2D eigenvalue weighted by molar-refractivity contribution is 6.00. The van der Waals surface area contributed by atoms with E-state index in [0.717, 1.165) is 12.1 Å². The quantitative estimate of drug-likeness (QED) is 0.495. The maximum absolute atomic E-state index is 13.3.